The fraction of sp³-hybridized carbons (Fsp3) is 0.364. The predicted molar refractivity (Wildman–Crippen MR) is 125 cm³/mol. The number of carboxylic acids is 1. The Morgan fingerprint density at radius 1 is 1.00 bits per heavy atom. The molecule has 7 nitrogen and oxygen atoms in total. The first-order valence-electron chi connectivity index (χ1n) is 9.82. The minimum atomic E-state index is -1.07. The molecular formula is C22H29Cl2N3O4. The molecule has 0 bridgehead atoms. The number of aliphatic carboxylic acids is 1. The van der Waals surface area contributed by atoms with E-state index < -0.39 is 17.9 Å². The van der Waals surface area contributed by atoms with Crippen molar-refractivity contribution >= 4 is 40.8 Å². The van der Waals surface area contributed by atoms with Crippen LogP contribution in [-0.2, 0) is 11.2 Å². The number of halogens is 2. The van der Waals surface area contributed by atoms with Gasteiger partial charge in [-0.1, -0.05) is 30.3 Å². The molecule has 0 aromatic heterocycles. The van der Waals surface area contributed by atoms with Gasteiger partial charge in [-0.3, -0.25) is 4.79 Å². The molecule has 0 aliphatic rings. The number of nitrogens with two attached hydrogens (primary N) is 1. The predicted octanol–water partition coefficient (Wildman–Crippen LogP) is 2.33. The number of nitrogens with one attached hydrogen (secondary N) is 1. The number of carboxylic acid groups (broad SMARTS) is 1. The van der Waals surface area contributed by atoms with E-state index in [-0.39, 0.29) is 13.0 Å². The van der Waals surface area contributed by atoms with Crippen molar-refractivity contribution in [2.45, 2.75) is 12.5 Å². The molecule has 5 N–H and O–H groups in total. The summed E-state index contributed by atoms with van der Waals surface area (Å²) in [6.45, 7) is 1.83. The first-order chi connectivity index (χ1) is 15.0. The number of amides is 1. The molecule has 31 heavy (non-hydrogen) atoms. The normalized spacial score (nSPS) is 11.1. The van der Waals surface area contributed by atoms with Crippen LogP contribution >= 0.6 is 23.2 Å². The van der Waals surface area contributed by atoms with Gasteiger partial charge in [0.05, 0.1) is 6.61 Å². The molecule has 2 rings (SSSR count). The molecule has 0 aliphatic carbocycles. The number of hydrogen-bond acceptors (Lipinski definition) is 5. The molecule has 1 atom stereocenters. The summed E-state index contributed by atoms with van der Waals surface area (Å²) in [6.07, 6.45) is 0.194. The Labute approximate surface area is 192 Å². The van der Waals surface area contributed by atoms with Crippen LogP contribution < -0.4 is 16.0 Å². The fourth-order valence-corrected chi connectivity index (χ4v) is 3.09. The van der Waals surface area contributed by atoms with Crippen LogP contribution in [0, 0.1) is 0 Å². The highest BCUT2D eigenvalue weighted by Gasteiger charge is 2.21. The van der Waals surface area contributed by atoms with E-state index in [0.29, 0.717) is 37.0 Å². The number of carbonyl (C=O) groups is 2. The molecule has 0 radical (unpaired) electrons. The van der Waals surface area contributed by atoms with Crippen molar-refractivity contribution < 1.29 is 19.8 Å². The summed E-state index contributed by atoms with van der Waals surface area (Å²) in [5.41, 5.74) is 6.99. The van der Waals surface area contributed by atoms with E-state index in [9.17, 15) is 14.7 Å². The van der Waals surface area contributed by atoms with Gasteiger partial charge in [0, 0.05) is 49.1 Å². The molecule has 2 aromatic rings. The van der Waals surface area contributed by atoms with Crippen LogP contribution in [0.3, 0.4) is 0 Å². The van der Waals surface area contributed by atoms with Crippen molar-refractivity contribution in [2.24, 2.45) is 5.73 Å². The van der Waals surface area contributed by atoms with Crippen molar-refractivity contribution in [1.29, 1.82) is 0 Å². The van der Waals surface area contributed by atoms with Crippen molar-refractivity contribution in [3.05, 3.63) is 65.7 Å². The van der Waals surface area contributed by atoms with Gasteiger partial charge in [-0.15, -0.1) is 23.2 Å². The third kappa shape index (κ3) is 10.0. The molecule has 0 spiro atoms. The number of nitrogens with zero attached hydrogens (tertiary/aromatic N) is 1. The lowest BCUT2D eigenvalue weighted by Gasteiger charge is -2.23. The molecule has 0 aliphatic heterocycles. The van der Waals surface area contributed by atoms with E-state index in [1.54, 1.807) is 30.3 Å². The lowest BCUT2D eigenvalue weighted by Crippen LogP contribution is -2.42. The van der Waals surface area contributed by atoms with E-state index in [4.69, 9.17) is 34.0 Å². The minimum Gasteiger partial charge on any atom is -0.480 e. The zero-order valence-electron chi connectivity index (χ0n) is 17.2. The molecule has 9 heteroatoms. The van der Waals surface area contributed by atoms with Gasteiger partial charge in [0.2, 0.25) is 0 Å². The van der Waals surface area contributed by atoms with E-state index in [0.717, 1.165) is 11.3 Å². The molecule has 1 amide bonds. The summed E-state index contributed by atoms with van der Waals surface area (Å²) < 4.78 is 0. The lowest BCUT2D eigenvalue weighted by molar-refractivity contribution is -0.139. The van der Waals surface area contributed by atoms with Crippen LogP contribution in [0.2, 0.25) is 0 Å². The number of carbonyl (C=O) groups excluding carboxylic acids is 1. The average Bonchev–Trinajstić information content (AvgIpc) is 2.79. The number of rotatable bonds is 11. The van der Waals surface area contributed by atoms with Gasteiger partial charge in [-0.2, -0.15) is 0 Å². The van der Waals surface area contributed by atoms with Gasteiger partial charge in [0.15, 0.2) is 0 Å². The zero-order valence-corrected chi connectivity index (χ0v) is 18.7. The fourth-order valence-electron chi connectivity index (χ4n) is 2.68. The Bertz CT molecular complexity index is 768. The smallest absolute Gasteiger partial charge is 0.326 e. The maximum Gasteiger partial charge on any atom is 0.326 e. The van der Waals surface area contributed by atoms with Crippen LogP contribution in [0.4, 0.5) is 5.69 Å². The maximum atomic E-state index is 12.2. The van der Waals surface area contributed by atoms with E-state index >= 15 is 0 Å². The average molecular weight is 470 g/mol. The van der Waals surface area contributed by atoms with Gasteiger partial charge in [0.1, 0.15) is 6.04 Å². The molecule has 2 aromatic carbocycles. The Hall–Kier alpha value is -2.32. The van der Waals surface area contributed by atoms with E-state index in [1.165, 1.54) is 0 Å². The second-order valence-corrected chi connectivity index (χ2v) is 7.23. The molecular weight excluding hydrogens is 441 g/mol. The van der Waals surface area contributed by atoms with Gasteiger partial charge >= 0.3 is 5.97 Å². The first kappa shape index (κ1) is 26.7. The topological polar surface area (TPSA) is 116 Å². The first-order valence-corrected chi connectivity index (χ1v) is 10.9. The second-order valence-electron chi connectivity index (χ2n) is 6.48. The third-order valence-electron chi connectivity index (χ3n) is 4.22. The number of hydrogen-bond donors (Lipinski definition) is 4. The van der Waals surface area contributed by atoms with Crippen LogP contribution in [0.5, 0.6) is 0 Å². The van der Waals surface area contributed by atoms with Crippen molar-refractivity contribution in [1.82, 2.24) is 5.32 Å². The number of aliphatic hydroxyl groups is 1. The summed E-state index contributed by atoms with van der Waals surface area (Å²) in [7, 11) is 0. The number of benzene rings is 2. The van der Waals surface area contributed by atoms with Gasteiger partial charge < -0.3 is 26.2 Å². The third-order valence-corrected chi connectivity index (χ3v) is 4.56. The highest BCUT2D eigenvalue weighted by atomic mass is 35.5. The highest BCUT2D eigenvalue weighted by Crippen LogP contribution is 2.17. The van der Waals surface area contributed by atoms with Crippen molar-refractivity contribution in [2.75, 3.05) is 42.9 Å². The summed E-state index contributed by atoms with van der Waals surface area (Å²) in [4.78, 5) is 25.9. The summed E-state index contributed by atoms with van der Waals surface area (Å²) in [5.74, 6) is -0.500. The molecule has 0 saturated carbocycles. The van der Waals surface area contributed by atoms with Crippen molar-refractivity contribution in [3.63, 3.8) is 0 Å². The number of aliphatic hydroxyl groups excluding tert-OH is 1. The van der Waals surface area contributed by atoms with Crippen LogP contribution in [0.15, 0.2) is 54.6 Å². The van der Waals surface area contributed by atoms with Gasteiger partial charge in [0.25, 0.3) is 5.91 Å². The second kappa shape index (κ2) is 15.5. The van der Waals surface area contributed by atoms with Crippen LogP contribution in [-0.4, -0.2) is 66.1 Å². The monoisotopic (exact) mass is 469 g/mol. The lowest BCUT2D eigenvalue weighted by atomic mass is 10.0. The summed E-state index contributed by atoms with van der Waals surface area (Å²) in [6, 6.07) is 15.1. The van der Waals surface area contributed by atoms with Gasteiger partial charge in [-0.05, 0) is 29.8 Å². The molecule has 1 unspecified atom stereocenters. The Morgan fingerprint density at radius 3 is 2.00 bits per heavy atom. The number of anilines is 1. The number of alkyl halides is 2. The highest BCUT2D eigenvalue weighted by molar-refractivity contribution is 6.18. The molecule has 0 fully saturated rings. The van der Waals surface area contributed by atoms with Crippen LogP contribution in [0.25, 0.3) is 0 Å². The quantitative estimate of drug-likeness (QED) is 0.375. The Balaban J connectivity index is 0.00000110. The molecule has 0 saturated heterocycles. The van der Waals surface area contributed by atoms with E-state index in [2.05, 4.69) is 10.2 Å². The SMILES string of the molecule is NCCO.O=C(NC(Cc1ccc(N(CCCl)CCCl)cc1)C(=O)O)c1ccccc1. The van der Waals surface area contributed by atoms with Crippen molar-refractivity contribution in [3.8, 4) is 0 Å². The Morgan fingerprint density at radius 2 is 1.55 bits per heavy atom. The van der Waals surface area contributed by atoms with Crippen LogP contribution in [0.1, 0.15) is 15.9 Å². The standard InChI is InChI=1S/C20H22Cl2N2O3.C2H7NO/c21-10-12-24(13-11-22)17-8-6-15(7-9-17)14-18(20(26)27)23-19(25)16-4-2-1-3-5-16;3-1-2-4/h1-9,18H,10-14H2,(H,23,25)(H,26,27);4H,1-3H2. The van der Waals surface area contributed by atoms with E-state index in [1.807, 2.05) is 24.3 Å². The van der Waals surface area contributed by atoms with Gasteiger partial charge in [-0.25, -0.2) is 4.79 Å². The summed E-state index contributed by atoms with van der Waals surface area (Å²) in [5, 5.41) is 19.8. The largest absolute Gasteiger partial charge is 0.480 e. The molecule has 170 valence electrons. The summed E-state index contributed by atoms with van der Waals surface area (Å²) >= 11 is 11.7. The molecule has 0 heterocycles. The zero-order chi connectivity index (χ0) is 23.1. The minimum absolute atomic E-state index is 0.0972. The Kier molecular flexibility index (Phi) is 13.3. The maximum absolute atomic E-state index is 12.2.